The van der Waals surface area contributed by atoms with Crippen LogP contribution in [0, 0.1) is 5.92 Å². The first kappa shape index (κ1) is 22.8. The molecule has 1 aliphatic carbocycles. The monoisotopic (exact) mass is 446 g/mol. The number of nitrogens with zero attached hydrogens (tertiary/aromatic N) is 4. The maximum absolute atomic E-state index is 13.0. The van der Waals surface area contributed by atoms with Crippen LogP contribution in [-0.2, 0) is 13.0 Å². The molecular formula is C26H30N4O3. The SMILES string of the molecule is CCCCn1nc(C(=O)C2CCCCC2)nc1Cc1ccc(-c2cnccc2C(=O)O)cc1. The molecule has 0 amide bonds. The molecule has 0 spiro atoms. The number of rotatable bonds is 9. The van der Waals surface area contributed by atoms with Crippen LogP contribution >= 0.6 is 0 Å². The van der Waals surface area contributed by atoms with Gasteiger partial charge in [-0.2, -0.15) is 0 Å². The number of hydrogen-bond donors (Lipinski definition) is 1. The van der Waals surface area contributed by atoms with Crippen molar-refractivity contribution in [3.05, 3.63) is 65.5 Å². The number of aryl methyl sites for hydroxylation is 1. The van der Waals surface area contributed by atoms with Crippen LogP contribution < -0.4 is 0 Å². The fraction of sp³-hybridized carbons (Fsp3) is 0.423. The Bertz CT molecular complexity index is 1110. The summed E-state index contributed by atoms with van der Waals surface area (Å²) in [6, 6.07) is 9.25. The highest BCUT2D eigenvalue weighted by Crippen LogP contribution is 2.27. The lowest BCUT2D eigenvalue weighted by atomic mass is 9.86. The first-order chi connectivity index (χ1) is 16.1. The molecule has 1 aromatic carbocycles. The zero-order chi connectivity index (χ0) is 23.2. The fourth-order valence-electron chi connectivity index (χ4n) is 4.44. The van der Waals surface area contributed by atoms with Crippen LogP contribution in [0.25, 0.3) is 11.1 Å². The molecule has 1 N–H and O–H groups in total. The summed E-state index contributed by atoms with van der Waals surface area (Å²) >= 11 is 0. The molecule has 0 bridgehead atoms. The van der Waals surface area contributed by atoms with Crippen molar-refractivity contribution in [3.63, 3.8) is 0 Å². The van der Waals surface area contributed by atoms with Crippen LogP contribution in [0.4, 0.5) is 0 Å². The molecule has 0 unspecified atom stereocenters. The van der Waals surface area contributed by atoms with Gasteiger partial charge in [0.15, 0.2) is 0 Å². The third kappa shape index (κ3) is 5.35. The summed E-state index contributed by atoms with van der Waals surface area (Å²) < 4.78 is 1.89. The molecule has 4 rings (SSSR count). The van der Waals surface area contributed by atoms with Crippen molar-refractivity contribution >= 4 is 11.8 Å². The van der Waals surface area contributed by atoms with E-state index < -0.39 is 5.97 Å². The largest absolute Gasteiger partial charge is 0.478 e. The van der Waals surface area contributed by atoms with E-state index in [1.165, 1.54) is 18.7 Å². The highest BCUT2D eigenvalue weighted by Gasteiger charge is 2.26. The van der Waals surface area contributed by atoms with Gasteiger partial charge in [-0.25, -0.2) is 14.5 Å². The number of unbranched alkanes of at least 4 members (excludes halogenated alkanes) is 1. The van der Waals surface area contributed by atoms with Crippen molar-refractivity contribution in [2.24, 2.45) is 5.92 Å². The van der Waals surface area contributed by atoms with Gasteiger partial charge in [-0.05, 0) is 36.5 Å². The zero-order valence-corrected chi connectivity index (χ0v) is 19.0. The summed E-state index contributed by atoms with van der Waals surface area (Å²) in [6.07, 6.45) is 10.9. The minimum atomic E-state index is -0.976. The number of benzene rings is 1. The highest BCUT2D eigenvalue weighted by molar-refractivity contribution is 5.95. The third-order valence-corrected chi connectivity index (χ3v) is 6.35. The number of aromatic nitrogens is 4. The molecule has 1 fully saturated rings. The van der Waals surface area contributed by atoms with Crippen molar-refractivity contribution in [2.45, 2.75) is 64.8 Å². The van der Waals surface area contributed by atoms with E-state index in [9.17, 15) is 14.7 Å². The maximum atomic E-state index is 13.0. The summed E-state index contributed by atoms with van der Waals surface area (Å²) in [5.74, 6) is 0.305. The molecule has 0 atom stereocenters. The van der Waals surface area contributed by atoms with Gasteiger partial charge in [0, 0.05) is 36.8 Å². The molecule has 2 aromatic heterocycles. The van der Waals surface area contributed by atoms with Crippen molar-refractivity contribution in [3.8, 4) is 11.1 Å². The lowest BCUT2D eigenvalue weighted by Gasteiger charge is -2.18. The first-order valence-electron chi connectivity index (χ1n) is 11.8. The standard InChI is InChI=1S/C26H30N4O3/c1-2-3-15-30-23(28-25(29-30)24(31)20-7-5-4-6-8-20)16-18-9-11-19(12-10-18)22-17-27-14-13-21(22)26(32)33/h9-14,17,20H,2-8,15-16H2,1H3,(H,32,33). The second-order valence-electron chi connectivity index (χ2n) is 8.73. The van der Waals surface area contributed by atoms with Gasteiger partial charge in [0.05, 0.1) is 5.56 Å². The normalized spacial score (nSPS) is 14.3. The molecule has 0 radical (unpaired) electrons. The summed E-state index contributed by atoms with van der Waals surface area (Å²) in [5, 5.41) is 14.0. The van der Waals surface area contributed by atoms with Gasteiger partial charge in [-0.3, -0.25) is 9.78 Å². The Morgan fingerprint density at radius 1 is 1.09 bits per heavy atom. The topological polar surface area (TPSA) is 98.0 Å². The van der Waals surface area contributed by atoms with Gasteiger partial charge < -0.3 is 5.11 Å². The molecule has 0 aliphatic heterocycles. The molecule has 7 nitrogen and oxygen atoms in total. The van der Waals surface area contributed by atoms with E-state index in [2.05, 4.69) is 22.0 Å². The van der Waals surface area contributed by atoms with Gasteiger partial charge in [0.25, 0.3) is 0 Å². The third-order valence-electron chi connectivity index (χ3n) is 6.35. The summed E-state index contributed by atoms with van der Waals surface area (Å²) in [5.41, 5.74) is 2.64. The zero-order valence-electron chi connectivity index (χ0n) is 19.0. The van der Waals surface area contributed by atoms with E-state index in [1.807, 2.05) is 28.9 Å². The molecule has 1 aliphatic rings. The van der Waals surface area contributed by atoms with Crippen molar-refractivity contribution in [2.75, 3.05) is 0 Å². The lowest BCUT2D eigenvalue weighted by molar-refractivity contribution is 0.0697. The number of hydrogen-bond acceptors (Lipinski definition) is 5. The van der Waals surface area contributed by atoms with Crippen LogP contribution in [0.15, 0.2) is 42.7 Å². The number of carbonyl (C=O) groups is 2. The second-order valence-corrected chi connectivity index (χ2v) is 8.73. The van der Waals surface area contributed by atoms with Gasteiger partial charge in [0.1, 0.15) is 5.82 Å². The van der Waals surface area contributed by atoms with Crippen LogP contribution in [0.3, 0.4) is 0 Å². The van der Waals surface area contributed by atoms with Crippen molar-refractivity contribution in [1.82, 2.24) is 19.7 Å². The Morgan fingerprint density at radius 2 is 1.85 bits per heavy atom. The van der Waals surface area contributed by atoms with E-state index in [0.717, 1.165) is 62.0 Å². The van der Waals surface area contributed by atoms with Crippen molar-refractivity contribution < 1.29 is 14.7 Å². The van der Waals surface area contributed by atoms with E-state index >= 15 is 0 Å². The predicted molar refractivity (Wildman–Crippen MR) is 125 cm³/mol. The summed E-state index contributed by atoms with van der Waals surface area (Å²) in [7, 11) is 0. The van der Waals surface area contributed by atoms with Gasteiger partial charge in [0.2, 0.25) is 11.6 Å². The van der Waals surface area contributed by atoms with E-state index in [0.29, 0.717) is 17.8 Å². The molecule has 172 valence electrons. The maximum Gasteiger partial charge on any atom is 0.336 e. The molecule has 33 heavy (non-hydrogen) atoms. The average Bonchev–Trinajstić information content (AvgIpc) is 3.25. The minimum Gasteiger partial charge on any atom is -0.478 e. The van der Waals surface area contributed by atoms with Crippen LogP contribution in [-0.4, -0.2) is 36.6 Å². The number of carboxylic acids is 1. The smallest absolute Gasteiger partial charge is 0.336 e. The molecule has 3 aromatic rings. The Balaban J connectivity index is 1.56. The number of Topliss-reactive ketones (excluding diaryl/α,β-unsaturated/α-hetero) is 1. The molecule has 1 saturated carbocycles. The number of ketones is 1. The first-order valence-corrected chi connectivity index (χ1v) is 11.8. The van der Waals surface area contributed by atoms with Gasteiger partial charge in [-0.1, -0.05) is 56.9 Å². The Kier molecular flexibility index (Phi) is 7.27. The molecule has 2 heterocycles. The number of pyridine rings is 1. The fourth-order valence-corrected chi connectivity index (χ4v) is 4.44. The minimum absolute atomic E-state index is 0.0517. The average molecular weight is 447 g/mol. The highest BCUT2D eigenvalue weighted by atomic mass is 16.4. The van der Waals surface area contributed by atoms with Gasteiger partial charge >= 0.3 is 5.97 Å². The van der Waals surface area contributed by atoms with Gasteiger partial charge in [-0.15, -0.1) is 5.10 Å². The van der Waals surface area contributed by atoms with E-state index in [-0.39, 0.29) is 17.3 Å². The van der Waals surface area contributed by atoms with Crippen molar-refractivity contribution in [1.29, 1.82) is 0 Å². The Labute approximate surface area is 193 Å². The Morgan fingerprint density at radius 3 is 2.55 bits per heavy atom. The van der Waals surface area contributed by atoms with Crippen LogP contribution in [0.1, 0.15) is 84.2 Å². The lowest BCUT2D eigenvalue weighted by Crippen LogP contribution is -2.19. The van der Waals surface area contributed by atoms with E-state index in [4.69, 9.17) is 0 Å². The summed E-state index contributed by atoms with van der Waals surface area (Å²) in [6.45, 7) is 2.87. The molecule has 0 saturated heterocycles. The second kappa shape index (κ2) is 10.5. The number of carboxylic acid groups (broad SMARTS) is 1. The predicted octanol–water partition coefficient (Wildman–Crippen LogP) is 5.19. The Hall–Kier alpha value is -3.35. The van der Waals surface area contributed by atoms with Crippen LogP contribution in [0.2, 0.25) is 0 Å². The number of aromatic carboxylic acids is 1. The molecule has 7 heteroatoms. The van der Waals surface area contributed by atoms with E-state index in [1.54, 1.807) is 6.20 Å². The summed E-state index contributed by atoms with van der Waals surface area (Å²) in [4.78, 5) is 33.3. The molecular weight excluding hydrogens is 416 g/mol. The van der Waals surface area contributed by atoms with Crippen LogP contribution in [0.5, 0.6) is 0 Å². The number of carbonyl (C=O) groups excluding carboxylic acids is 1. The quantitative estimate of drug-likeness (QED) is 0.454.